The minimum Gasteiger partial charge on any atom is -0.397 e. The highest BCUT2D eigenvalue weighted by Crippen LogP contribution is 2.32. The van der Waals surface area contributed by atoms with Gasteiger partial charge >= 0.3 is 0 Å². The summed E-state index contributed by atoms with van der Waals surface area (Å²) in [4.78, 5) is 11.9. The van der Waals surface area contributed by atoms with Crippen LogP contribution in [0.2, 0.25) is 10.0 Å². The third-order valence-electron chi connectivity index (χ3n) is 2.18. The normalized spacial score (nSPS) is 12.6. The van der Waals surface area contributed by atoms with Gasteiger partial charge in [0.1, 0.15) is 6.10 Å². The average Bonchev–Trinajstić information content (AvgIpc) is 2.21. The van der Waals surface area contributed by atoms with Crippen LogP contribution < -0.4 is 11.1 Å². The number of rotatable bonds is 4. The standard InChI is InChI=1S/C12H16Cl2N2O2/c1-6(2)18-7(3)12(17)16-11-9(14)4-8(13)5-10(11)15/h4-7H,15H2,1-3H3,(H,16,17). The van der Waals surface area contributed by atoms with E-state index in [1.165, 1.54) is 12.1 Å². The van der Waals surface area contributed by atoms with Gasteiger partial charge in [-0.1, -0.05) is 23.2 Å². The predicted octanol–water partition coefficient (Wildman–Crippen LogP) is 3.33. The monoisotopic (exact) mass is 290 g/mol. The number of ether oxygens (including phenoxy) is 1. The number of nitrogen functional groups attached to an aromatic ring is 1. The van der Waals surface area contributed by atoms with E-state index < -0.39 is 6.10 Å². The Balaban J connectivity index is 2.82. The smallest absolute Gasteiger partial charge is 0.253 e. The molecule has 1 aromatic carbocycles. The van der Waals surface area contributed by atoms with Crippen molar-refractivity contribution < 1.29 is 9.53 Å². The molecule has 100 valence electrons. The number of anilines is 2. The molecular weight excluding hydrogens is 275 g/mol. The summed E-state index contributed by atoms with van der Waals surface area (Å²) in [5.41, 5.74) is 6.42. The van der Waals surface area contributed by atoms with Crippen molar-refractivity contribution in [3.8, 4) is 0 Å². The Bertz CT molecular complexity index is 427. The quantitative estimate of drug-likeness (QED) is 0.836. The third kappa shape index (κ3) is 4.05. The topological polar surface area (TPSA) is 64.3 Å². The SMILES string of the molecule is CC(C)OC(C)C(=O)Nc1c(N)cc(Cl)cc1Cl. The van der Waals surface area contributed by atoms with Crippen LogP contribution in [0.15, 0.2) is 12.1 Å². The molecule has 18 heavy (non-hydrogen) atoms. The van der Waals surface area contributed by atoms with Crippen molar-refractivity contribution in [1.29, 1.82) is 0 Å². The van der Waals surface area contributed by atoms with Gasteiger partial charge in [0.25, 0.3) is 5.91 Å². The van der Waals surface area contributed by atoms with Crippen molar-refractivity contribution in [3.63, 3.8) is 0 Å². The molecule has 0 radical (unpaired) electrons. The Morgan fingerprint density at radius 2 is 1.94 bits per heavy atom. The van der Waals surface area contributed by atoms with E-state index in [4.69, 9.17) is 33.7 Å². The molecule has 1 atom stereocenters. The second-order valence-electron chi connectivity index (χ2n) is 4.17. The van der Waals surface area contributed by atoms with Crippen LogP contribution >= 0.6 is 23.2 Å². The molecule has 3 N–H and O–H groups in total. The Kier molecular flexibility index (Phi) is 5.26. The highest BCUT2D eigenvalue weighted by molar-refractivity contribution is 6.37. The van der Waals surface area contributed by atoms with Gasteiger partial charge in [-0.25, -0.2) is 0 Å². The summed E-state index contributed by atoms with van der Waals surface area (Å²) in [5.74, 6) is -0.306. The lowest BCUT2D eigenvalue weighted by atomic mass is 10.2. The summed E-state index contributed by atoms with van der Waals surface area (Å²) in [6.45, 7) is 5.37. The van der Waals surface area contributed by atoms with Gasteiger partial charge in [-0.2, -0.15) is 0 Å². The van der Waals surface area contributed by atoms with Crippen molar-refractivity contribution in [2.24, 2.45) is 0 Å². The largest absolute Gasteiger partial charge is 0.397 e. The van der Waals surface area contributed by atoms with Gasteiger partial charge in [0, 0.05) is 5.02 Å². The van der Waals surface area contributed by atoms with E-state index in [1.54, 1.807) is 6.92 Å². The molecule has 4 nitrogen and oxygen atoms in total. The molecule has 0 saturated carbocycles. The zero-order chi connectivity index (χ0) is 13.9. The molecule has 1 amide bonds. The molecule has 0 fully saturated rings. The maximum atomic E-state index is 11.9. The molecule has 1 aromatic rings. The van der Waals surface area contributed by atoms with Gasteiger partial charge in [0.05, 0.1) is 22.5 Å². The summed E-state index contributed by atoms with van der Waals surface area (Å²) in [6, 6.07) is 3.04. The Labute approximate surface area is 116 Å². The van der Waals surface area contributed by atoms with Crippen LogP contribution in [-0.4, -0.2) is 18.1 Å². The fraction of sp³-hybridized carbons (Fsp3) is 0.417. The van der Waals surface area contributed by atoms with Gasteiger partial charge in [-0.05, 0) is 32.9 Å². The molecule has 0 spiro atoms. The van der Waals surface area contributed by atoms with E-state index in [-0.39, 0.29) is 12.0 Å². The molecule has 0 heterocycles. The fourth-order valence-electron chi connectivity index (χ4n) is 1.42. The molecule has 0 aliphatic rings. The van der Waals surface area contributed by atoms with Crippen LogP contribution in [0.3, 0.4) is 0 Å². The first kappa shape index (κ1) is 15.1. The Morgan fingerprint density at radius 3 is 2.44 bits per heavy atom. The van der Waals surface area contributed by atoms with Crippen molar-refractivity contribution in [1.82, 2.24) is 0 Å². The maximum Gasteiger partial charge on any atom is 0.253 e. The highest BCUT2D eigenvalue weighted by atomic mass is 35.5. The first-order valence-electron chi connectivity index (χ1n) is 5.52. The third-order valence-corrected chi connectivity index (χ3v) is 2.70. The summed E-state index contributed by atoms with van der Waals surface area (Å²) in [5, 5.41) is 3.35. The predicted molar refractivity (Wildman–Crippen MR) is 75.2 cm³/mol. The summed E-state index contributed by atoms with van der Waals surface area (Å²) in [7, 11) is 0. The van der Waals surface area contributed by atoms with Gasteiger partial charge in [0.2, 0.25) is 0 Å². The lowest BCUT2D eigenvalue weighted by Crippen LogP contribution is -2.30. The number of carbonyl (C=O) groups is 1. The van der Waals surface area contributed by atoms with Gasteiger partial charge < -0.3 is 15.8 Å². The van der Waals surface area contributed by atoms with Crippen molar-refractivity contribution in [2.45, 2.75) is 33.0 Å². The molecule has 1 unspecified atom stereocenters. The minimum absolute atomic E-state index is 0.0382. The molecule has 6 heteroatoms. The number of amides is 1. The van der Waals surface area contributed by atoms with Crippen molar-refractivity contribution in [3.05, 3.63) is 22.2 Å². The van der Waals surface area contributed by atoms with Gasteiger partial charge in [-0.3, -0.25) is 4.79 Å². The lowest BCUT2D eigenvalue weighted by Gasteiger charge is -2.17. The van der Waals surface area contributed by atoms with Gasteiger partial charge in [0.15, 0.2) is 0 Å². The number of halogens is 2. The second-order valence-corrected chi connectivity index (χ2v) is 5.01. The number of carbonyl (C=O) groups excluding carboxylic acids is 1. The van der Waals surface area contributed by atoms with Crippen LogP contribution in [0.4, 0.5) is 11.4 Å². The molecular formula is C12H16Cl2N2O2. The van der Waals surface area contributed by atoms with Crippen molar-refractivity contribution in [2.75, 3.05) is 11.1 Å². The number of nitrogens with two attached hydrogens (primary N) is 1. The fourth-order valence-corrected chi connectivity index (χ4v) is 1.98. The summed E-state index contributed by atoms with van der Waals surface area (Å²) in [6.07, 6.45) is -0.625. The number of nitrogens with one attached hydrogen (secondary N) is 1. The number of hydrogen-bond acceptors (Lipinski definition) is 3. The summed E-state index contributed by atoms with van der Waals surface area (Å²) >= 11 is 11.8. The lowest BCUT2D eigenvalue weighted by molar-refractivity contribution is -0.128. The van der Waals surface area contributed by atoms with E-state index in [0.29, 0.717) is 21.4 Å². The van der Waals surface area contributed by atoms with Crippen LogP contribution in [0.1, 0.15) is 20.8 Å². The first-order valence-corrected chi connectivity index (χ1v) is 6.27. The van der Waals surface area contributed by atoms with Gasteiger partial charge in [-0.15, -0.1) is 0 Å². The number of benzene rings is 1. The Hall–Kier alpha value is -0.970. The second kappa shape index (κ2) is 6.27. The van der Waals surface area contributed by atoms with E-state index in [9.17, 15) is 4.79 Å². The van der Waals surface area contributed by atoms with Crippen LogP contribution in [0.5, 0.6) is 0 Å². The van der Waals surface area contributed by atoms with Crippen molar-refractivity contribution >= 4 is 40.5 Å². The molecule has 0 aliphatic heterocycles. The van der Waals surface area contributed by atoms with E-state index in [0.717, 1.165) is 0 Å². The highest BCUT2D eigenvalue weighted by Gasteiger charge is 2.17. The van der Waals surface area contributed by atoms with Crippen LogP contribution in [0.25, 0.3) is 0 Å². The van der Waals surface area contributed by atoms with Crippen LogP contribution in [-0.2, 0) is 9.53 Å². The zero-order valence-electron chi connectivity index (χ0n) is 10.5. The Morgan fingerprint density at radius 1 is 1.33 bits per heavy atom. The molecule has 1 rings (SSSR count). The van der Waals surface area contributed by atoms with Crippen LogP contribution in [0, 0.1) is 0 Å². The molecule has 0 bridgehead atoms. The molecule has 0 saturated heterocycles. The zero-order valence-corrected chi connectivity index (χ0v) is 12.0. The van der Waals surface area contributed by atoms with E-state index in [2.05, 4.69) is 5.32 Å². The molecule has 0 aliphatic carbocycles. The average molecular weight is 291 g/mol. The first-order chi connectivity index (χ1) is 8.31. The van der Waals surface area contributed by atoms with E-state index in [1.807, 2.05) is 13.8 Å². The molecule has 0 aromatic heterocycles. The maximum absolute atomic E-state index is 11.9. The van der Waals surface area contributed by atoms with E-state index >= 15 is 0 Å². The minimum atomic E-state index is -0.587. The summed E-state index contributed by atoms with van der Waals surface area (Å²) < 4.78 is 5.37. The number of hydrogen-bond donors (Lipinski definition) is 2.